The van der Waals surface area contributed by atoms with Gasteiger partial charge in [-0.05, 0) is 55.9 Å². The largest absolute Gasteiger partial charge is 0.289 e. The molecule has 0 fully saturated rings. The van der Waals surface area contributed by atoms with Crippen molar-refractivity contribution in [1.29, 1.82) is 0 Å². The van der Waals surface area contributed by atoms with Crippen LogP contribution < -0.4 is 10.9 Å². The molecular formula is C24H12O2. The Labute approximate surface area is 147 Å². The summed E-state index contributed by atoms with van der Waals surface area (Å²) in [5.41, 5.74) is 0.0798. The van der Waals surface area contributed by atoms with Gasteiger partial charge in [0.05, 0.1) is 0 Å². The van der Waals surface area contributed by atoms with Crippen molar-refractivity contribution in [3.05, 3.63) is 93.2 Å². The van der Waals surface area contributed by atoms with Crippen LogP contribution in [0.2, 0.25) is 0 Å². The van der Waals surface area contributed by atoms with Gasteiger partial charge in [0.2, 0.25) is 0 Å². The van der Waals surface area contributed by atoms with Crippen LogP contribution in [-0.4, -0.2) is 0 Å². The van der Waals surface area contributed by atoms with E-state index in [0.29, 0.717) is 5.39 Å². The second-order valence-electron chi connectivity index (χ2n) is 6.85. The molecule has 2 heteroatoms. The van der Waals surface area contributed by atoms with E-state index in [1.807, 2.05) is 48.5 Å². The van der Waals surface area contributed by atoms with E-state index in [9.17, 15) is 9.59 Å². The highest BCUT2D eigenvalue weighted by molar-refractivity contribution is 6.35. The van der Waals surface area contributed by atoms with Crippen LogP contribution in [0.25, 0.3) is 53.9 Å². The standard InChI is InChI=1S/C24H12O2/c25-21-10-4-8-16-19-12-20-18(11-13-5-1-2-6-14(13)24(20)26)15-7-3-9-17(22(15)19)23(16)21/h1-12H. The summed E-state index contributed by atoms with van der Waals surface area (Å²) in [6.45, 7) is 0. The number of fused-ring (bicyclic) bond motifs is 6. The topological polar surface area (TPSA) is 34.1 Å². The van der Waals surface area contributed by atoms with E-state index in [-0.39, 0.29) is 10.9 Å². The molecule has 6 rings (SSSR count). The van der Waals surface area contributed by atoms with Gasteiger partial charge in [-0.2, -0.15) is 0 Å². The maximum atomic E-state index is 13.1. The van der Waals surface area contributed by atoms with Gasteiger partial charge >= 0.3 is 0 Å². The number of hydrogen-bond acceptors (Lipinski definition) is 2. The van der Waals surface area contributed by atoms with Gasteiger partial charge in [0.1, 0.15) is 0 Å². The Balaban J connectivity index is 2.04. The van der Waals surface area contributed by atoms with Crippen LogP contribution in [0.4, 0.5) is 0 Å². The molecule has 6 aromatic carbocycles. The molecule has 0 saturated carbocycles. The van der Waals surface area contributed by atoms with Gasteiger partial charge in [-0.3, -0.25) is 9.59 Å². The van der Waals surface area contributed by atoms with Crippen molar-refractivity contribution in [2.75, 3.05) is 0 Å². The van der Waals surface area contributed by atoms with Crippen LogP contribution in [0.1, 0.15) is 0 Å². The Hall–Kier alpha value is -3.52. The van der Waals surface area contributed by atoms with Crippen LogP contribution in [-0.2, 0) is 0 Å². The highest BCUT2D eigenvalue weighted by Crippen LogP contribution is 2.40. The Morgan fingerprint density at radius 3 is 2.04 bits per heavy atom. The van der Waals surface area contributed by atoms with Gasteiger partial charge in [-0.25, -0.2) is 0 Å². The quantitative estimate of drug-likeness (QED) is 0.288. The van der Waals surface area contributed by atoms with Gasteiger partial charge in [0.15, 0.2) is 10.9 Å². The summed E-state index contributed by atoms with van der Waals surface area (Å²) in [5, 5.41) is 9.11. The lowest BCUT2D eigenvalue weighted by molar-refractivity contribution is 1.71. The minimum atomic E-state index is 0.0303. The first-order valence-electron chi connectivity index (χ1n) is 8.63. The average Bonchev–Trinajstić information content (AvgIpc) is 3.00. The lowest BCUT2D eigenvalue weighted by atomic mass is 9.96. The summed E-state index contributed by atoms with van der Waals surface area (Å²) in [7, 11) is 0. The summed E-state index contributed by atoms with van der Waals surface area (Å²) >= 11 is 0. The van der Waals surface area contributed by atoms with E-state index in [1.54, 1.807) is 12.1 Å². The van der Waals surface area contributed by atoms with Crippen molar-refractivity contribution in [1.82, 2.24) is 0 Å². The Kier molecular flexibility index (Phi) is 2.41. The highest BCUT2D eigenvalue weighted by atomic mass is 16.1. The predicted octanol–water partition coefficient (Wildman–Crippen LogP) is 5.05. The Morgan fingerprint density at radius 1 is 0.462 bits per heavy atom. The van der Waals surface area contributed by atoms with Crippen LogP contribution in [0.15, 0.2) is 82.4 Å². The molecule has 0 aliphatic heterocycles. The molecule has 0 spiro atoms. The number of benzene rings is 5. The molecule has 0 amide bonds. The molecule has 0 aliphatic carbocycles. The van der Waals surface area contributed by atoms with Gasteiger partial charge in [-0.15, -0.1) is 0 Å². The van der Waals surface area contributed by atoms with Crippen LogP contribution in [0.5, 0.6) is 0 Å². The van der Waals surface area contributed by atoms with Crippen molar-refractivity contribution in [3.63, 3.8) is 0 Å². The second kappa shape index (κ2) is 4.55. The fourth-order valence-electron chi connectivity index (χ4n) is 4.43. The Morgan fingerprint density at radius 2 is 1.15 bits per heavy atom. The van der Waals surface area contributed by atoms with Gasteiger partial charge in [0, 0.05) is 16.2 Å². The van der Waals surface area contributed by atoms with E-state index in [2.05, 4.69) is 12.1 Å². The molecule has 120 valence electrons. The van der Waals surface area contributed by atoms with E-state index in [1.165, 1.54) is 0 Å². The maximum absolute atomic E-state index is 13.1. The first-order valence-corrected chi connectivity index (χ1v) is 8.63. The van der Waals surface area contributed by atoms with Crippen LogP contribution >= 0.6 is 0 Å². The van der Waals surface area contributed by atoms with Gasteiger partial charge in [-0.1, -0.05) is 54.6 Å². The lowest BCUT2D eigenvalue weighted by Gasteiger charge is -2.07. The van der Waals surface area contributed by atoms with E-state index >= 15 is 0 Å². The third-order valence-corrected chi connectivity index (χ3v) is 5.54. The first-order chi connectivity index (χ1) is 12.7. The van der Waals surface area contributed by atoms with Crippen LogP contribution in [0, 0.1) is 0 Å². The fourth-order valence-corrected chi connectivity index (χ4v) is 4.43. The predicted molar refractivity (Wildman–Crippen MR) is 109 cm³/mol. The van der Waals surface area contributed by atoms with Crippen LogP contribution in [0.3, 0.4) is 0 Å². The normalized spacial score (nSPS) is 12.2. The molecule has 2 nitrogen and oxygen atoms in total. The molecule has 0 radical (unpaired) electrons. The van der Waals surface area contributed by atoms with E-state index in [0.717, 1.165) is 48.5 Å². The minimum absolute atomic E-state index is 0.0303. The fraction of sp³-hybridized carbons (Fsp3) is 0. The first kappa shape index (κ1) is 13.7. The van der Waals surface area contributed by atoms with Crippen molar-refractivity contribution >= 4 is 53.9 Å². The molecule has 0 bridgehead atoms. The van der Waals surface area contributed by atoms with E-state index < -0.39 is 0 Å². The maximum Gasteiger partial charge on any atom is 0.194 e. The third-order valence-electron chi connectivity index (χ3n) is 5.54. The molecule has 0 unspecified atom stereocenters. The average molecular weight is 332 g/mol. The minimum Gasteiger partial charge on any atom is -0.289 e. The van der Waals surface area contributed by atoms with Gasteiger partial charge in [0.25, 0.3) is 0 Å². The summed E-state index contributed by atoms with van der Waals surface area (Å²) in [4.78, 5) is 25.6. The second-order valence-corrected chi connectivity index (χ2v) is 6.85. The molecular weight excluding hydrogens is 320 g/mol. The summed E-state index contributed by atoms with van der Waals surface area (Å²) < 4.78 is 0. The van der Waals surface area contributed by atoms with E-state index in [4.69, 9.17) is 0 Å². The molecule has 0 aliphatic rings. The smallest absolute Gasteiger partial charge is 0.194 e. The summed E-state index contributed by atoms with van der Waals surface area (Å²) in [6, 6.07) is 23.2. The zero-order chi connectivity index (χ0) is 17.4. The zero-order valence-corrected chi connectivity index (χ0v) is 13.7. The summed E-state index contributed by atoms with van der Waals surface area (Å²) in [5.74, 6) is 0. The zero-order valence-electron chi connectivity index (χ0n) is 13.7. The van der Waals surface area contributed by atoms with Crippen molar-refractivity contribution < 1.29 is 0 Å². The van der Waals surface area contributed by atoms with Crippen molar-refractivity contribution in [3.8, 4) is 0 Å². The van der Waals surface area contributed by atoms with Crippen molar-refractivity contribution in [2.24, 2.45) is 0 Å². The summed E-state index contributed by atoms with van der Waals surface area (Å²) in [6.07, 6.45) is 0. The number of hydrogen-bond donors (Lipinski definition) is 0. The molecule has 26 heavy (non-hydrogen) atoms. The molecule has 0 saturated heterocycles. The van der Waals surface area contributed by atoms with Crippen molar-refractivity contribution in [2.45, 2.75) is 0 Å². The monoisotopic (exact) mass is 332 g/mol. The molecule has 0 atom stereocenters. The molecule has 0 aromatic heterocycles. The molecule has 0 heterocycles. The SMILES string of the molecule is O=c1c2ccccc2cc2c1cc1c3cccc(=O)c3c3cccc2c13. The third kappa shape index (κ3) is 1.52. The molecule has 6 aromatic rings. The highest BCUT2D eigenvalue weighted by Gasteiger charge is 2.17. The molecule has 0 N–H and O–H groups in total. The Bertz CT molecular complexity index is 1610. The van der Waals surface area contributed by atoms with Gasteiger partial charge < -0.3 is 0 Å². The lowest BCUT2D eigenvalue weighted by Crippen LogP contribution is -2.02. The number of rotatable bonds is 0.